The van der Waals surface area contributed by atoms with Crippen molar-refractivity contribution >= 4 is 0 Å². The highest BCUT2D eigenvalue weighted by atomic mass is 15.2. The summed E-state index contributed by atoms with van der Waals surface area (Å²) >= 11 is 0. The van der Waals surface area contributed by atoms with Gasteiger partial charge in [0.2, 0.25) is 6.04 Å². The van der Waals surface area contributed by atoms with Crippen LogP contribution in [0.1, 0.15) is 27.2 Å². The fraction of sp³-hybridized carbons (Fsp3) is 0.889. The predicted molar refractivity (Wildman–Crippen MR) is 46.3 cm³/mol. The van der Waals surface area contributed by atoms with Crippen molar-refractivity contribution < 1.29 is 0 Å². The van der Waals surface area contributed by atoms with Crippen molar-refractivity contribution in [3.8, 4) is 0 Å². The van der Waals surface area contributed by atoms with Gasteiger partial charge < -0.3 is 4.85 Å². The third-order valence-corrected chi connectivity index (χ3v) is 2.29. The molecule has 1 fully saturated rings. The van der Waals surface area contributed by atoms with E-state index in [0.29, 0.717) is 0 Å². The molecule has 0 saturated carbocycles. The largest absolute Gasteiger partial charge is 0.312 e. The molecule has 0 radical (unpaired) electrons. The van der Waals surface area contributed by atoms with E-state index >= 15 is 0 Å². The Balaban J connectivity index is 2.50. The molecule has 1 heterocycles. The van der Waals surface area contributed by atoms with E-state index in [4.69, 9.17) is 6.57 Å². The highest BCUT2D eigenvalue weighted by Gasteiger charge is 2.32. The van der Waals surface area contributed by atoms with E-state index in [1.54, 1.807) is 0 Å². The number of nitrogens with zero attached hydrogens (tertiary/aromatic N) is 2. The third-order valence-electron chi connectivity index (χ3n) is 2.29. The van der Waals surface area contributed by atoms with Crippen molar-refractivity contribution in [1.82, 2.24) is 4.90 Å². The predicted octanol–water partition coefficient (Wildman–Crippen LogP) is 1.78. The molecule has 62 valence electrons. The summed E-state index contributed by atoms with van der Waals surface area (Å²) in [5.74, 6) is 0. The van der Waals surface area contributed by atoms with Gasteiger partial charge in [-0.1, -0.05) is 0 Å². The van der Waals surface area contributed by atoms with Gasteiger partial charge in [-0.25, -0.2) is 6.57 Å². The molecule has 0 aromatic carbocycles. The molecule has 1 saturated heterocycles. The van der Waals surface area contributed by atoms with Crippen molar-refractivity contribution in [3.63, 3.8) is 0 Å². The number of likely N-dealkylation sites (tertiary alicyclic amines) is 1. The minimum atomic E-state index is 0.249. The maximum absolute atomic E-state index is 6.89. The molecule has 0 N–H and O–H groups in total. The molecule has 11 heavy (non-hydrogen) atoms. The summed E-state index contributed by atoms with van der Waals surface area (Å²) in [6.45, 7) is 15.6. The minimum absolute atomic E-state index is 0.249. The first-order valence-electron chi connectivity index (χ1n) is 4.15. The zero-order chi connectivity index (χ0) is 8.48. The summed E-state index contributed by atoms with van der Waals surface area (Å²) < 4.78 is 0. The van der Waals surface area contributed by atoms with E-state index in [1.165, 1.54) is 0 Å². The molecule has 0 spiro atoms. The fourth-order valence-corrected chi connectivity index (χ4v) is 1.46. The number of rotatable bonds is 0. The lowest BCUT2D eigenvalue weighted by atomic mass is 10.1. The zero-order valence-electron chi connectivity index (χ0n) is 7.59. The Bertz CT molecular complexity index is 173. The first kappa shape index (κ1) is 8.55. The van der Waals surface area contributed by atoms with Crippen molar-refractivity contribution in [2.24, 2.45) is 0 Å². The van der Waals surface area contributed by atoms with E-state index in [9.17, 15) is 0 Å². The van der Waals surface area contributed by atoms with Crippen LogP contribution in [0.3, 0.4) is 0 Å². The standard InChI is InChI=1S/C9H16N2/c1-9(2,3)11-6-5-8(7-11)10-4/h8H,5-7H2,1-3H3/t8-/m0/s1. The van der Waals surface area contributed by atoms with Crippen LogP contribution in [0, 0.1) is 6.57 Å². The van der Waals surface area contributed by atoms with Gasteiger partial charge in [0.05, 0.1) is 6.54 Å². The van der Waals surface area contributed by atoms with Gasteiger partial charge in [0.15, 0.2) is 0 Å². The smallest absolute Gasteiger partial charge is 0.237 e. The number of hydrogen-bond acceptors (Lipinski definition) is 1. The van der Waals surface area contributed by atoms with Crippen molar-refractivity contribution in [3.05, 3.63) is 11.4 Å². The van der Waals surface area contributed by atoms with Crippen LogP contribution in [0.2, 0.25) is 0 Å². The fourth-order valence-electron chi connectivity index (χ4n) is 1.46. The molecule has 1 aliphatic rings. The lowest BCUT2D eigenvalue weighted by Crippen LogP contribution is -2.39. The molecule has 0 aromatic heterocycles. The van der Waals surface area contributed by atoms with Crippen LogP contribution in [0.25, 0.3) is 4.85 Å². The molecule has 0 aromatic rings. The zero-order valence-corrected chi connectivity index (χ0v) is 7.59. The summed E-state index contributed by atoms with van der Waals surface area (Å²) in [7, 11) is 0. The summed E-state index contributed by atoms with van der Waals surface area (Å²) in [6.07, 6.45) is 1.06. The van der Waals surface area contributed by atoms with E-state index in [2.05, 4.69) is 30.5 Å². The van der Waals surface area contributed by atoms with E-state index < -0.39 is 0 Å². The van der Waals surface area contributed by atoms with Crippen LogP contribution in [0.5, 0.6) is 0 Å². The Morgan fingerprint density at radius 2 is 2.09 bits per heavy atom. The molecule has 2 heteroatoms. The Kier molecular flexibility index (Phi) is 2.20. The Hall–Kier alpha value is -0.550. The summed E-state index contributed by atoms with van der Waals surface area (Å²) in [5, 5.41) is 0. The van der Waals surface area contributed by atoms with Crippen molar-refractivity contribution in [2.45, 2.75) is 38.8 Å². The van der Waals surface area contributed by atoms with Gasteiger partial charge in [-0.2, -0.15) is 0 Å². The summed E-state index contributed by atoms with van der Waals surface area (Å²) in [4.78, 5) is 5.94. The van der Waals surface area contributed by atoms with Gasteiger partial charge in [0, 0.05) is 18.5 Å². The second-order valence-corrected chi connectivity index (χ2v) is 4.19. The Labute approximate surface area is 69.0 Å². The van der Waals surface area contributed by atoms with Gasteiger partial charge in [-0.3, -0.25) is 4.90 Å². The molecular formula is C9H16N2. The maximum Gasteiger partial charge on any atom is 0.237 e. The van der Waals surface area contributed by atoms with Gasteiger partial charge in [0.1, 0.15) is 0 Å². The minimum Gasteiger partial charge on any atom is -0.312 e. The van der Waals surface area contributed by atoms with E-state index in [0.717, 1.165) is 19.5 Å². The summed E-state index contributed by atoms with van der Waals surface area (Å²) in [6, 6.07) is 0.259. The molecular weight excluding hydrogens is 136 g/mol. The van der Waals surface area contributed by atoms with Gasteiger partial charge in [-0.05, 0) is 20.8 Å². The van der Waals surface area contributed by atoms with Crippen LogP contribution in [0.4, 0.5) is 0 Å². The molecule has 0 amide bonds. The summed E-state index contributed by atoms with van der Waals surface area (Å²) in [5.41, 5.74) is 0.249. The second-order valence-electron chi connectivity index (χ2n) is 4.19. The highest BCUT2D eigenvalue weighted by Crippen LogP contribution is 2.21. The van der Waals surface area contributed by atoms with Gasteiger partial charge in [-0.15, -0.1) is 0 Å². The van der Waals surface area contributed by atoms with Crippen molar-refractivity contribution in [2.75, 3.05) is 13.1 Å². The first-order valence-corrected chi connectivity index (χ1v) is 4.15. The molecule has 1 atom stereocenters. The molecule has 1 aliphatic heterocycles. The quantitative estimate of drug-likeness (QED) is 0.480. The van der Waals surface area contributed by atoms with Crippen LogP contribution in [0.15, 0.2) is 0 Å². The third kappa shape index (κ3) is 1.94. The first-order chi connectivity index (χ1) is 5.04. The lowest BCUT2D eigenvalue weighted by Gasteiger charge is -2.30. The molecule has 2 nitrogen and oxygen atoms in total. The topological polar surface area (TPSA) is 7.60 Å². The lowest BCUT2D eigenvalue weighted by molar-refractivity contribution is 0.174. The molecule has 0 unspecified atom stereocenters. The molecule has 0 aliphatic carbocycles. The Morgan fingerprint density at radius 1 is 1.45 bits per heavy atom. The SMILES string of the molecule is [C-]#[N+][C@H]1CCN(C(C)(C)C)C1. The van der Waals surface area contributed by atoms with Gasteiger partial charge in [0.25, 0.3) is 0 Å². The molecule has 1 rings (SSSR count). The monoisotopic (exact) mass is 152 g/mol. The van der Waals surface area contributed by atoms with Crippen LogP contribution in [-0.4, -0.2) is 29.6 Å². The van der Waals surface area contributed by atoms with Crippen LogP contribution >= 0.6 is 0 Å². The average molecular weight is 152 g/mol. The molecule has 0 bridgehead atoms. The normalized spacial score (nSPS) is 26.9. The van der Waals surface area contributed by atoms with Crippen molar-refractivity contribution in [1.29, 1.82) is 0 Å². The Morgan fingerprint density at radius 3 is 2.36 bits per heavy atom. The highest BCUT2D eigenvalue weighted by molar-refractivity contribution is 4.93. The van der Waals surface area contributed by atoms with Crippen LogP contribution < -0.4 is 0 Å². The number of hydrogen-bond donors (Lipinski definition) is 0. The van der Waals surface area contributed by atoms with Crippen LogP contribution in [-0.2, 0) is 0 Å². The second kappa shape index (κ2) is 2.83. The average Bonchev–Trinajstić information content (AvgIpc) is 2.32. The van der Waals surface area contributed by atoms with E-state index in [1.807, 2.05) is 0 Å². The van der Waals surface area contributed by atoms with E-state index in [-0.39, 0.29) is 11.6 Å². The van der Waals surface area contributed by atoms with Gasteiger partial charge >= 0.3 is 0 Å². The maximum atomic E-state index is 6.89.